The van der Waals surface area contributed by atoms with Crippen LogP contribution in [0.4, 0.5) is 0 Å². The van der Waals surface area contributed by atoms with Crippen LogP contribution in [0.1, 0.15) is 0 Å². The first-order valence-corrected chi connectivity index (χ1v) is 3.63. The Morgan fingerprint density at radius 3 is 1.17 bits per heavy atom. The second-order valence-electron chi connectivity index (χ2n) is 0.448. The van der Waals surface area contributed by atoms with Crippen molar-refractivity contribution in [3.8, 4) is 0 Å². The summed E-state index contributed by atoms with van der Waals surface area (Å²) in [5.74, 6) is 0. The van der Waals surface area contributed by atoms with Crippen LogP contribution in [0, 0.1) is 0 Å². The topological polar surface area (TPSA) is 74.6 Å². The fourth-order valence-electron chi connectivity index (χ4n) is 0. The molecule has 0 atom stereocenters. The van der Waals surface area contributed by atoms with Crippen molar-refractivity contribution in [3.63, 3.8) is 0 Å². The van der Waals surface area contributed by atoms with Gasteiger partial charge in [0.1, 0.15) is 0 Å². The van der Waals surface area contributed by atoms with Crippen molar-refractivity contribution in [3.05, 3.63) is 0 Å². The molecule has 0 heterocycles. The number of rotatable bonds is 0. The number of hydrogen-bond acceptors (Lipinski definition) is 2. The van der Waals surface area contributed by atoms with Gasteiger partial charge in [-0.05, 0) is 0 Å². The van der Waals surface area contributed by atoms with Crippen molar-refractivity contribution in [1.82, 2.24) is 0 Å². The van der Waals surface area contributed by atoms with Crippen LogP contribution >= 0.6 is 0 Å². The summed E-state index contributed by atoms with van der Waals surface area (Å²) in [6.07, 6.45) is 0. The van der Waals surface area contributed by atoms with E-state index in [0.29, 0.717) is 0 Å². The minimum absolute atomic E-state index is 0. The summed E-state index contributed by atoms with van der Waals surface area (Å²) >= 11 is -5.25. The molecule has 0 fully saturated rings. The molecule has 0 saturated carbocycles. The fourth-order valence-corrected chi connectivity index (χ4v) is 0. The van der Waals surface area contributed by atoms with Gasteiger partial charge in [-0.3, -0.25) is 0 Å². The molecule has 0 saturated heterocycles. The van der Waals surface area contributed by atoms with E-state index in [9.17, 15) is 0 Å². The molecule has 4 nitrogen and oxygen atoms in total. The van der Waals surface area contributed by atoms with E-state index in [-0.39, 0.29) is 17.4 Å². The van der Waals surface area contributed by atoms with Gasteiger partial charge < -0.3 is 0 Å². The molecule has 0 aliphatic heterocycles. The van der Waals surface area contributed by atoms with Crippen LogP contribution < -0.4 is 0 Å². The molecule has 0 aliphatic carbocycles. The van der Waals surface area contributed by atoms with Crippen LogP contribution in [0.15, 0.2) is 0 Å². The minimum Gasteiger partial charge on any atom is 0.187 e. The van der Waals surface area contributed by atoms with E-state index in [4.69, 9.17) is 16.0 Å². The summed E-state index contributed by atoms with van der Waals surface area (Å²) in [4.78, 5) is 0. The predicted octanol–water partition coefficient (Wildman–Crippen LogP) is -2.92. The van der Waals surface area contributed by atoms with Crippen molar-refractivity contribution in [2.75, 3.05) is 0 Å². The van der Waals surface area contributed by atoms with Crippen molar-refractivity contribution in [1.29, 1.82) is 0 Å². The number of hydrogen-bond donors (Lipinski definition) is 2. The fraction of sp³-hybridized carbons (Fsp3) is 0. The average molecular weight is 175 g/mol. The van der Waals surface area contributed by atoms with Gasteiger partial charge in [0.25, 0.3) is 0 Å². The standard InChI is InChI=1S/Al.H2O4Se.3H/c;1-5(2,3)4;;;/h;(H2,1,2,3,4);;;. The Bertz CT molecular complexity index is 90.7. The van der Waals surface area contributed by atoms with Gasteiger partial charge in [-0.2, -0.15) is 0 Å². The van der Waals surface area contributed by atoms with Crippen LogP contribution in [0.25, 0.3) is 0 Å². The predicted molar refractivity (Wildman–Crippen MR) is 21.5 cm³/mol. The Hall–Kier alpha value is 0.572. The second kappa shape index (κ2) is 2.70. The molecule has 0 unspecified atom stereocenters. The quantitative estimate of drug-likeness (QED) is 0.387. The van der Waals surface area contributed by atoms with Gasteiger partial charge in [0.05, 0.1) is 0 Å². The van der Waals surface area contributed by atoms with E-state index in [0.717, 1.165) is 0 Å². The largest absolute Gasteiger partial charge is 0.187 e. The van der Waals surface area contributed by atoms with Crippen molar-refractivity contribution in [2.45, 2.75) is 0 Å². The molecule has 6 heavy (non-hydrogen) atoms. The molecule has 0 aromatic rings. The summed E-state index contributed by atoms with van der Waals surface area (Å²) in [5.41, 5.74) is 0. The molecule has 38 valence electrons. The van der Waals surface area contributed by atoms with Crippen molar-refractivity contribution in [2.24, 2.45) is 0 Å². The maximum Gasteiger partial charge on any atom is 0.187 e. The van der Waals surface area contributed by atoms with Crippen LogP contribution in [0.2, 0.25) is 0 Å². The van der Waals surface area contributed by atoms with Gasteiger partial charge in [0.2, 0.25) is 0 Å². The Morgan fingerprint density at radius 2 is 1.17 bits per heavy atom. The average Bonchev–Trinajstić information content (AvgIpc) is 0.722. The van der Waals surface area contributed by atoms with Crippen LogP contribution in [-0.4, -0.2) is 39.1 Å². The Morgan fingerprint density at radius 1 is 1.17 bits per heavy atom. The molecule has 0 aliphatic rings. The normalized spacial score (nSPS) is 9.67. The second-order valence-corrected chi connectivity index (χ2v) is 2.33. The zero-order valence-electron chi connectivity index (χ0n) is 2.12. The third-order valence-electron chi connectivity index (χ3n) is 0. The van der Waals surface area contributed by atoms with Gasteiger partial charge in [-0.25, -0.2) is 0 Å². The van der Waals surface area contributed by atoms with Gasteiger partial charge in [0.15, 0.2) is 17.4 Å². The van der Waals surface area contributed by atoms with E-state index in [2.05, 4.69) is 0 Å². The molecule has 0 radical (unpaired) electrons. The third-order valence-corrected chi connectivity index (χ3v) is 0. The van der Waals surface area contributed by atoms with Crippen LogP contribution in [0.3, 0.4) is 0 Å². The summed E-state index contributed by atoms with van der Waals surface area (Å²) in [6, 6.07) is 0. The maximum absolute atomic E-state index is 8.82. The monoisotopic (exact) mass is 176 g/mol. The van der Waals surface area contributed by atoms with Gasteiger partial charge in [-0.1, -0.05) is 0 Å². The van der Waals surface area contributed by atoms with E-state index in [1.165, 1.54) is 0 Å². The first-order chi connectivity index (χ1) is 2.00. The zero-order valence-corrected chi connectivity index (χ0v) is 3.83. The Balaban J connectivity index is 0. The summed E-state index contributed by atoms with van der Waals surface area (Å²) in [5, 5.41) is 0. The van der Waals surface area contributed by atoms with Gasteiger partial charge >= 0.3 is 29.4 Å². The van der Waals surface area contributed by atoms with Crippen molar-refractivity contribution < 1.29 is 16.0 Å². The molecule has 6 heteroatoms. The molecular formula is H5AlO4Se. The SMILES string of the molecule is O=[Se](=O)(O)O.[AlH3]. The van der Waals surface area contributed by atoms with Gasteiger partial charge in [0, 0.05) is 0 Å². The zero-order chi connectivity index (χ0) is 4.50. The van der Waals surface area contributed by atoms with E-state index >= 15 is 0 Å². The summed E-state index contributed by atoms with van der Waals surface area (Å²) in [6.45, 7) is 0. The Labute approximate surface area is 47.2 Å². The molecule has 0 spiro atoms. The van der Waals surface area contributed by atoms with E-state index in [1.54, 1.807) is 0 Å². The molecule has 0 amide bonds. The summed E-state index contributed by atoms with van der Waals surface area (Å²) in [7, 11) is 0. The molecule has 0 aromatic heterocycles. The molecule has 0 rings (SSSR count). The maximum atomic E-state index is 8.82. The molecule has 2 N–H and O–H groups in total. The van der Waals surface area contributed by atoms with E-state index < -0.39 is 13.4 Å². The summed E-state index contributed by atoms with van der Waals surface area (Å²) < 4.78 is 31.9. The first kappa shape index (κ1) is 9.76. The molecule has 0 bridgehead atoms. The first-order valence-electron chi connectivity index (χ1n) is 0.698. The van der Waals surface area contributed by atoms with E-state index in [1.807, 2.05) is 0 Å². The molecular weight excluding hydrogens is 170 g/mol. The molecule has 0 aromatic carbocycles. The van der Waals surface area contributed by atoms with Gasteiger partial charge in [-0.15, -0.1) is 0 Å². The third kappa shape index (κ3) is 178. The van der Waals surface area contributed by atoms with Crippen LogP contribution in [-0.2, 0) is 7.67 Å². The Kier molecular flexibility index (Phi) is 4.39. The minimum atomic E-state index is -5.25. The van der Waals surface area contributed by atoms with Crippen LogP contribution in [0.5, 0.6) is 0 Å². The smallest absolute Gasteiger partial charge is 0.187 e. The van der Waals surface area contributed by atoms with Crippen molar-refractivity contribution >= 4 is 30.7 Å².